The van der Waals surface area contributed by atoms with Crippen molar-refractivity contribution in [2.45, 2.75) is 12.5 Å². The van der Waals surface area contributed by atoms with Crippen molar-refractivity contribution >= 4 is 11.4 Å². The van der Waals surface area contributed by atoms with Gasteiger partial charge < -0.3 is 26.4 Å². The second-order valence-corrected chi connectivity index (χ2v) is 3.90. The third-order valence-electron chi connectivity index (χ3n) is 2.68. The standard InChI is InChI=1S/C11H18N2O3/c1-8-9(12)3-2-4-10(8)13-11(5-14,6-15)7-16/h2-4,13-16H,5-7,12H2,1H3. The Morgan fingerprint density at radius 1 is 1.19 bits per heavy atom. The average molecular weight is 226 g/mol. The van der Waals surface area contributed by atoms with Gasteiger partial charge in [-0.3, -0.25) is 0 Å². The lowest BCUT2D eigenvalue weighted by Crippen LogP contribution is -2.49. The van der Waals surface area contributed by atoms with Crippen molar-refractivity contribution in [3.8, 4) is 0 Å². The summed E-state index contributed by atoms with van der Waals surface area (Å²) in [7, 11) is 0. The summed E-state index contributed by atoms with van der Waals surface area (Å²) in [5.74, 6) is 0. The predicted molar refractivity (Wildman–Crippen MR) is 63.2 cm³/mol. The maximum Gasteiger partial charge on any atom is 0.107 e. The van der Waals surface area contributed by atoms with Crippen LogP contribution in [0.1, 0.15) is 5.56 Å². The van der Waals surface area contributed by atoms with E-state index in [1.807, 2.05) is 6.92 Å². The van der Waals surface area contributed by atoms with Crippen LogP contribution < -0.4 is 11.1 Å². The van der Waals surface area contributed by atoms with Crippen LogP contribution >= 0.6 is 0 Å². The van der Waals surface area contributed by atoms with E-state index in [1.54, 1.807) is 18.2 Å². The van der Waals surface area contributed by atoms with Crippen LogP contribution in [-0.2, 0) is 0 Å². The molecule has 0 aromatic heterocycles. The summed E-state index contributed by atoms with van der Waals surface area (Å²) in [5.41, 5.74) is 6.74. The number of anilines is 2. The van der Waals surface area contributed by atoms with Gasteiger partial charge in [0.25, 0.3) is 0 Å². The molecule has 0 aliphatic carbocycles. The number of hydrogen-bond acceptors (Lipinski definition) is 5. The first-order valence-electron chi connectivity index (χ1n) is 5.04. The highest BCUT2D eigenvalue weighted by Gasteiger charge is 2.28. The van der Waals surface area contributed by atoms with Crippen LogP contribution in [0, 0.1) is 6.92 Å². The zero-order chi connectivity index (χ0) is 12.2. The highest BCUT2D eigenvalue weighted by molar-refractivity contribution is 5.63. The number of benzene rings is 1. The molecule has 0 radical (unpaired) electrons. The van der Waals surface area contributed by atoms with Crippen LogP contribution in [0.5, 0.6) is 0 Å². The van der Waals surface area contributed by atoms with Crippen LogP contribution in [0.25, 0.3) is 0 Å². The van der Waals surface area contributed by atoms with Gasteiger partial charge in [0.2, 0.25) is 0 Å². The van der Waals surface area contributed by atoms with Gasteiger partial charge in [-0.2, -0.15) is 0 Å². The van der Waals surface area contributed by atoms with E-state index in [-0.39, 0.29) is 19.8 Å². The van der Waals surface area contributed by atoms with Crippen molar-refractivity contribution < 1.29 is 15.3 Å². The largest absolute Gasteiger partial charge is 0.398 e. The zero-order valence-electron chi connectivity index (χ0n) is 9.27. The van der Waals surface area contributed by atoms with E-state index >= 15 is 0 Å². The van der Waals surface area contributed by atoms with Crippen LogP contribution in [0.4, 0.5) is 11.4 Å². The van der Waals surface area contributed by atoms with Crippen molar-refractivity contribution in [3.05, 3.63) is 23.8 Å². The summed E-state index contributed by atoms with van der Waals surface area (Å²) in [4.78, 5) is 0. The molecule has 1 aromatic rings. The topological polar surface area (TPSA) is 98.7 Å². The molecule has 5 nitrogen and oxygen atoms in total. The maximum absolute atomic E-state index is 9.18. The van der Waals surface area contributed by atoms with Crippen molar-refractivity contribution in [3.63, 3.8) is 0 Å². The molecule has 0 bridgehead atoms. The van der Waals surface area contributed by atoms with Crippen molar-refractivity contribution in [1.29, 1.82) is 0 Å². The molecule has 1 rings (SSSR count). The van der Waals surface area contributed by atoms with Crippen molar-refractivity contribution in [2.24, 2.45) is 0 Å². The molecule has 0 aliphatic heterocycles. The first kappa shape index (κ1) is 12.8. The van der Waals surface area contributed by atoms with Gasteiger partial charge in [-0.1, -0.05) is 6.07 Å². The lowest BCUT2D eigenvalue weighted by Gasteiger charge is -2.30. The smallest absolute Gasteiger partial charge is 0.107 e. The van der Waals surface area contributed by atoms with Crippen molar-refractivity contribution in [1.82, 2.24) is 0 Å². The maximum atomic E-state index is 9.18. The monoisotopic (exact) mass is 226 g/mol. The Morgan fingerprint density at radius 2 is 1.75 bits per heavy atom. The minimum Gasteiger partial charge on any atom is -0.398 e. The van der Waals surface area contributed by atoms with E-state index in [9.17, 15) is 15.3 Å². The zero-order valence-corrected chi connectivity index (χ0v) is 9.27. The molecule has 5 heteroatoms. The van der Waals surface area contributed by atoms with E-state index in [4.69, 9.17) is 5.73 Å². The molecule has 16 heavy (non-hydrogen) atoms. The summed E-state index contributed by atoms with van der Waals surface area (Å²) in [6.45, 7) is 0.727. The van der Waals surface area contributed by atoms with Crippen LogP contribution in [0.3, 0.4) is 0 Å². The van der Waals surface area contributed by atoms with Gasteiger partial charge in [0.1, 0.15) is 5.54 Å². The molecular weight excluding hydrogens is 208 g/mol. The minimum absolute atomic E-state index is 0.367. The summed E-state index contributed by atoms with van der Waals surface area (Å²) >= 11 is 0. The van der Waals surface area contributed by atoms with Gasteiger partial charge in [0, 0.05) is 11.4 Å². The molecule has 0 spiro atoms. The minimum atomic E-state index is -1.13. The highest BCUT2D eigenvalue weighted by Crippen LogP contribution is 2.23. The van der Waals surface area contributed by atoms with Gasteiger partial charge in [0.05, 0.1) is 19.8 Å². The Morgan fingerprint density at radius 3 is 2.25 bits per heavy atom. The second kappa shape index (κ2) is 5.16. The number of hydrogen-bond donors (Lipinski definition) is 5. The molecule has 0 saturated carbocycles. The van der Waals surface area contributed by atoms with E-state index in [1.165, 1.54) is 0 Å². The Balaban J connectivity index is 2.98. The predicted octanol–water partition coefficient (Wildman–Crippen LogP) is -0.295. The first-order valence-corrected chi connectivity index (χ1v) is 5.04. The quantitative estimate of drug-likeness (QED) is 0.444. The normalized spacial score (nSPS) is 11.5. The molecule has 6 N–H and O–H groups in total. The fourth-order valence-electron chi connectivity index (χ4n) is 1.34. The van der Waals surface area contributed by atoms with Crippen molar-refractivity contribution in [2.75, 3.05) is 30.9 Å². The molecule has 0 unspecified atom stereocenters. The third-order valence-corrected chi connectivity index (χ3v) is 2.68. The Kier molecular flexibility index (Phi) is 4.12. The summed E-state index contributed by atoms with van der Waals surface area (Å²) in [6.07, 6.45) is 0. The number of aliphatic hydroxyl groups excluding tert-OH is 3. The number of rotatable bonds is 5. The van der Waals surface area contributed by atoms with Gasteiger partial charge in [-0.05, 0) is 24.6 Å². The molecule has 0 heterocycles. The Bertz CT molecular complexity index is 343. The van der Waals surface area contributed by atoms with Crippen LogP contribution in [0.15, 0.2) is 18.2 Å². The molecule has 90 valence electrons. The Hall–Kier alpha value is -1.30. The summed E-state index contributed by atoms with van der Waals surface area (Å²) in [5, 5.41) is 30.5. The molecule has 0 atom stereocenters. The SMILES string of the molecule is Cc1c(N)cccc1NC(CO)(CO)CO. The molecule has 1 aromatic carbocycles. The molecular formula is C11H18N2O3. The van der Waals surface area contributed by atoms with Crippen LogP contribution in [-0.4, -0.2) is 40.7 Å². The van der Waals surface area contributed by atoms with Gasteiger partial charge in [0.15, 0.2) is 0 Å². The molecule has 0 saturated heterocycles. The van der Waals surface area contributed by atoms with E-state index in [2.05, 4.69) is 5.32 Å². The first-order chi connectivity index (χ1) is 7.58. The fourth-order valence-corrected chi connectivity index (χ4v) is 1.34. The van der Waals surface area contributed by atoms with E-state index in [0.717, 1.165) is 5.56 Å². The van der Waals surface area contributed by atoms with Crippen LogP contribution in [0.2, 0.25) is 0 Å². The number of nitrogens with two attached hydrogens (primary N) is 1. The lowest BCUT2D eigenvalue weighted by molar-refractivity contribution is 0.0833. The van der Waals surface area contributed by atoms with Gasteiger partial charge in [-0.25, -0.2) is 0 Å². The fraction of sp³-hybridized carbons (Fsp3) is 0.455. The van der Waals surface area contributed by atoms with E-state index < -0.39 is 5.54 Å². The van der Waals surface area contributed by atoms with Gasteiger partial charge in [-0.15, -0.1) is 0 Å². The highest BCUT2D eigenvalue weighted by atomic mass is 16.3. The molecule has 0 aliphatic rings. The number of nitrogen functional groups attached to an aromatic ring is 1. The number of aliphatic hydroxyl groups is 3. The average Bonchev–Trinajstić information content (AvgIpc) is 2.32. The Labute approximate surface area is 94.5 Å². The third kappa shape index (κ3) is 2.44. The summed E-state index contributed by atoms with van der Waals surface area (Å²) in [6, 6.07) is 5.31. The van der Waals surface area contributed by atoms with Gasteiger partial charge >= 0.3 is 0 Å². The molecule has 0 amide bonds. The lowest BCUT2D eigenvalue weighted by atomic mass is 10.0. The number of nitrogens with one attached hydrogen (secondary N) is 1. The molecule has 0 fully saturated rings. The van der Waals surface area contributed by atoms with E-state index in [0.29, 0.717) is 11.4 Å². The summed E-state index contributed by atoms with van der Waals surface area (Å²) < 4.78 is 0. The second-order valence-electron chi connectivity index (χ2n) is 3.90.